The fraction of sp³-hybridized carbons (Fsp3) is 0.222. The number of ether oxygens (including phenoxy) is 1. The van der Waals surface area contributed by atoms with Gasteiger partial charge in [-0.25, -0.2) is 0 Å². The van der Waals surface area contributed by atoms with Gasteiger partial charge in [-0.05, 0) is 22.9 Å². The average Bonchev–Trinajstić information content (AvgIpc) is 2.72. The Morgan fingerprint density at radius 1 is 1.29 bits per heavy atom. The highest BCUT2D eigenvalue weighted by Gasteiger charge is 1.96. The van der Waals surface area contributed by atoms with Gasteiger partial charge in [0.1, 0.15) is 5.75 Å². The second-order valence-electron chi connectivity index (χ2n) is 2.81. The molecule has 0 saturated carbocycles. The van der Waals surface area contributed by atoms with E-state index in [0.717, 1.165) is 11.3 Å². The van der Waals surface area contributed by atoms with Crippen LogP contribution in [-0.2, 0) is 6.54 Å². The van der Waals surface area contributed by atoms with Gasteiger partial charge in [0, 0.05) is 0 Å². The molecule has 2 aromatic rings. The van der Waals surface area contributed by atoms with Crippen LogP contribution in [0.1, 0.15) is 5.56 Å². The zero-order chi connectivity index (χ0) is 9.80. The topological polar surface area (TPSA) is 52.8 Å². The summed E-state index contributed by atoms with van der Waals surface area (Å²) in [6.45, 7) is 0.629. The number of benzene rings is 1. The molecule has 1 heterocycles. The normalized spacial score (nSPS) is 10.1. The van der Waals surface area contributed by atoms with Gasteiger partial charge in [-0.1, -0.05) is 12.1 Å². The van der Waals surface area contributed by atoms with Crippen LogP contribution in [0.15, 0.2) is 30.6 Å². The quantitative estimate of drug-likeness (QED) is 0.716. The first kappa shape index (κ1) is 8.68. The summed E-state index contributed by atoms with van der Waals surface area (Å²) in [6, 6.07) is 7.77. The first-order chi connectivity index (χ1) is 6.88. The minimum absolute atomic E-state index is 0.629. The molecule has 0 aliphatic heterocycles. The first-order valence-corrected chi connectivity index (χ1v) is 4.22. The Bertz CT molecular complexity index is 382. The molecule has 14 heavy (non-hydrogen) atoms. The molecule has 1 aromatic carbocycles. The van der Waals surface area contributed by atoms with Crippen molar-refractivity contribution in [1.29, 1.82) is 0 Å². The van der Waals surface area contributed by atoms with E-state index in [9.17, 15) is 0 Å². The second-order valence-corrected chi connectivity index (χ2v) is 2.81. The van der Waals surface area contributed by atoms with Crippen molar-refractivity contribution < 1.29 is 4.74 Å². The van der Waals surface area contributed by atoms with Crippen LogP contribution in [0.4, 0.5) is 0 Å². The van der Waals surface area contributed by atoms with Gasteiger partial charge in [0.25, 0.3) is 0 Å². The molecule has 5 nitrogen and oxygen atoms in total. The molecule has 0 spiro atoms. The number of aromatic nitrogens is 4. The maximum atomic E-state index is 5.05. The van der Waals surface area contributed by atoms with E-state index in [2.05, 4.69) is 15.4 Å². The van der Waals surface area contributed by atoms with Gasteiger partial charge < -0.3 is 4.74 Å². The van der Waals surface area contributed by atoms with E-state index in [-0.39, 0.29) is 0 Å². The Morgan fingerprint density at radius 3 is 2.64 bits per heavy atom. The van der Waals surface area contributed by atoms with Crippen LogP contribution in [0.5, 0.6) is 5.75 Å². The van der Waals surface area contributed by atoms with E-state index in [1.807, 2.05) is 24.3 Å². The van der Waals surface area contributed by atoms with E-state index in [1.165, 1.54) is 11.1 Å². The lowest BCUT2D eigenvalue weighted by molar-refractivity contribution is 0.414. The predicted molar refractivity (Wildman–Crippen MR) is 49.9 cm³/mol. The molecular formula is C9H10N4O. The third-order valence-electron chi connectivity index (χ3n) is 1.87. The third-order valence-corrected chi connectivity index (χ3v) is 1.87. The SMILES string of the molecule is COc1ccc(Cn2ncnn2)cc1. The summed E-state index contributed by atoms with van der Waals surface area (Å²) in [5, 5.41) is 11.3. The number of rotatable bonds is 3. The number of methoxy groups -OCH3 is 1. The third kappa shape index (κ3) is 1.87. The van der Waals surface area contributed by atoms with Crippen molar-refractivity contribution in [2.24, 2.45) is 0 Å². The van der Waals surface area contributed by atoms with Crippen LogP contribution < -0.4 is 4.74 Å². The molecule has 2 rings (SSSR count). The van der Waals surface area contributed by atoms with E-state index in [4.69, 9.17) is 4.74 Å². The lowest BCUT2D eigenvalue weighted by atomic mass is 10.2. The van der Waals surface area contributed by atoms with E-state index >= 15 is 0 Å². The Kier molecular flexibility index (Phi) is 2.40. The minimum atomic E-state index is 0.629. The molecule has 0 amide bonds. The molecule has 0 aliphatic carbocycles. The van der Waals surface area contributed by atoms with Gasteiger partial charge >= 0.3 is 0 Å². The monoisotopic (exact) mass is 190 g/mol. The van der Waals surface area contributed by atoms with Crippen LogP contribution >= 0.6 is 0 Å². The van der Waals surface area contributed by atoms with Gasteiger partial charge in [0.2, 0.25) is 0 Å². The van der Waals surface area contributed by atoms with Crippen molar-refractivity contribution in [2.45, 2.75) is 6.54 Å². The van der Waals surface area contributed by atoms with Gasteiger partial charge in [-0.15, -0.1) is 10.2 Å². The van der Waals surface area contributed by atoms with Gasteiger partial charge in [0.15, 0.2) is 6.33 Å². The minimum Gasteiger partial charge on any atom is -0.497 e. The maximum absolute atomic E-state index is 5.05. The zero-order valence-corrected chi connectivity index (χ0v) is 7.79. The summed E-state index contributed by atoms with van der Waals surface area (Å²) in [5.74, 6) is 0.847. The lowest BCUT2D eigenvalue weighted by Crippen LogP contribution is -2.03. The van der Waals surface area contributed by atoms with Gasteiger partial charge in [0.05, 0.1) is 13.7 Å². The Balaban J connectivity index is 2.10. The fourth-order valence-electron chi connectivity index (χ4n) is 1.16. The molecule has 0 atom stereocenters. The van der Waals surface area contributed by atoms with Crippen LogP contribution in [0.3, 0.4) is 0 Å². The van der Waals surface area contributed by atoms with Crippen molar-refractivity contribution >= 4 is 0 Å². The van der Waals surface area contributed by atoms with Crippen molar-refractivity contribution in [3.05, 3.63) is 36.2 Å². The molecule has 0 N–H and O–H groups in total. The van der Waals surface area contributed by atoms with E-state index < -0.39 is 0 Å². The van der Waals surface area contributed by atoms with Gasteiger partial charge in [-0.2, -0.15) is 4.80 Å². The molecule has 0 unspecified atom stereocenters. The highest BCUT2D eigenvalue weighted by molar-refractivity contribution is 5.26. The van der Waals surface area contributed by atoms with Crippen molar-refractivity contribution in [1.82, 2.24) is 20.2 Å². The summed E-state index contributed by atoms with van der Waals surface area (Å²) >= 11 is 0. The maximum Gasteiger partial charge on any atom is 0.162 e. The predicted octanol–water partition coefficient (Wildman–Crippen LogP) is 0.730. The van der Waals surface area contributed by atoms with Crippen LogP contribution in [0.2, 0.25) is 0 Å². The Hall–Kier alpha value is -1.91. The van der Waals surface area contributed by atoms with E-state index in [1.54, 1.807) is 7.11 Å². The highest BCUT2D eigenvalue weighted by Crippen LogP contribution is 2.11. The number of hydrogen-bond donors (Lipinski definition) is 0. The molecule has 0 bridgehead atoms. The first-order valence-electron chi connectivity index (χ1n) is 4.22. The summed E-state index contributed by atoms with van der Waals surface area (Å²) in [7, 11) is 1.65. The number of hydrogen-bond acceptors (Lipinski definition) is 4. The molecule has 0 saturated heterocycles. The molecular weight excluding hydrogens is 180 g/mol. The van der Waals surface area contributed by atoms with Crippen LogP contribution in [0, 0.1) is 0 Å². The summed E-state index contributed by atoms with van der Waals surface area (Å²) in [4.78, 5) is 1.53. The van der Waals surface area contributed by atoms with Crippen LogP contribution in [0.25, 0.3) is 0 Å². The lowest BCUT2D eigenvalue weighted by Gasteiger charge is -2.01. The van der Waals surface area contributed by atoms with Crippen molar-refractivity contribution in [2.75, 3.05) is 7.11 Å². The molecule has 0 radical (unpaired) electrons. The Labute approximate surface area is 81.3 Å². The average molecular weight is 190 g/mol. The zero-order valence-electron chi connectivity index (χ0n) is 7.79. The Morgan fingerprint density at radius 2 is 2.07 bits per heavy atom. The second kappa shape index (κ2) is 3.87. The molecule has 5 heteroatoms. The largest absolute Gasteiger partial charge is 0.497 e. The molecule has 72 valence electrons. The summed E-state index contributed by atoms with van der Waals surface area (Å²) in [6.07, 6.45) is 1.42. The summed E-state index contributed by atoms with van der Waals surface area (Å²) in [5.41, 5.74) is 1.11. The highest BCUT2D eigenvalue weighted by atomic mass is 16.5. The smallest absolute Gasteiger partial charge is 0.162 e. The summed E-state index contributed by atoms with van der Waals surface area (Å²) < 4.78 is 5.05. The molecule has 1 aromatic heterocycles. The fourth-order valence-corrected chi connectivity index (χ4v) is 1.16. The van der Waals surface area contributed by atoms with Crippen molar-refractivity contribution in [3.8, 4) is 5.75 Å². The molecule has 0 aliphatic rings. The standard InChI is InChI=1S/C9H10N4O/c1-14-9-4-2-8(3-5-9)6-13-11-7-10-12-13/h2-5,7H,6H2,1H3. The number of tetrazole rings is 1. The van der Waals surface area contributed by atoms with Gasteiger partial charge in [-0.3, -0.25) is 0 Å². The van der Waals surface area contributed by atoms with Crippen LogP contribution in [-0.4, -0.2) is 27.3 Å². The number of nitrogens with zero attached hydrogens (tertiary/aromatic N) is 4. The molecule has 0 fully saturated rings. The van der Waals surface area contributed by atoms with E-state index in [0.29, 0.717) is 6.54 Å². The van der Waals surface area contributed by atoms with Crippen molar-refractivity contribution in [3.63, 3.8) is 0 Å².